The summed E-state index contributed by atoms with van der Waals surface area (Å²) in [6, 6.07) is 6.49. The molecule has 0 fully saturated rings. The highest BCUT2D eigenvalue weighted by molar-refractivity contribution is 6.30. The summed E-state index contributed by atoms with van der Waals surface area (Å²) in [7, 11) is 0. The van der Waals surface area contributed by atoms with Gasteiger partial charge in [-0.05, 0) is 36.2 Å². The number of amides is 1. The van der Waals surface area contributed by atoms with Crippen LogP contribution in [0, 0.1) is 11.7 Å². The van der Waals surface area contributed by atoms with Crippen molar-refractivity contribution in [1.29, 1.82) is 0 Å². The summed E-state index contributed by atoms with van der Waals surface area (Å²) in [6.45, 7) is 3.61. The highest BCUT2D eigenvalue weighted by atomic mass is 35.5. The van der Waals surface area contributed by atoms with Crippen molar-refractivity contribution in [3.8, 4) is 0 Å². The van der Waals surface area contributed by atoms with Crippen LogP contribution in [0.4, 0.5) is 4.39 Å². The fourth-order valence-electron chi connectivity index (χ4n) is 2.17. The normalized spacial score (nSPS) is 12.0. The summed E-state index contributed by atoms with van der Waals surface area (Å²) in [5.41, 5.74) is 0.132. The lowest BCUT2D eigenvalue weighted by Crippen LogP contribution is -2.33. The van der Waals surface area contributed by atoms with Gasteiger partial charge in [0.1, 0.15) is 5.82 Å². The average molecular weight is 351 g/mol. The monoisotopic (exact) mass is 350 g/mol. The number of carbonyl (C=O) groups is 2. The molecule has 2 aromatic rings. The van der Waals surface area contributed by atoms with Gasteiger partial charge < -0.3 is 10.4 Å². The lowest BCUT2D eigenvalue weighted by molar-refractivity contribution is 0.0695. The van der Waals surface area contributed by atoms with Gasteiger partial charge in [-0.2, -0.15) is 0 Å². The molecule has 7 heteroatoms. The van der Waals surface area contributed by atoms with Crippen molar-refractivity contribution in [1.82, 2.24) is 10.3 Å². The fraction of sp³-hybridized carbons (Fsp3) is 0.235. The quantitative estimate of drug-likeness (QED) is 0.861. The van der Waals surface area contributed by atoms with Crippen LogP contribution in [0.25, 0.3) is 0 Å². The number of aromatic carboxylic acids is 1. The van der Waals surface area contributed by atoms with E-state index >= 15 is 0 Å². The molecular weight excluding hydrogens is 335 g/mol. The van der Waals surface area contributed by atoms with Crippen LogP contribution < -0.4 is 5.32 Å². The predicted octanol–water partition coefficient (Wildman–Crippen LogP) is 3.70. The number of carbonyl (C=O) groups excluding carboxylic acids is 1. The van der Waals surface area contributed by atoms with Crippen LogP contribution in [0.1, 0.15) is 46.3 Å². The molecule has 2 N–H and O–H groups in total. The Morgan fingerprint density at radius 3 is 2.33 bits per heavy atom. The van der Waals surface area contributed by atoms with Crippen molar-refractivity contribution in [3.63, 3.8) is 0 Å². The minimum Gasteiger partial charge on any atom is -0.478 e. The van der Waals surface area contributed by atoms with E-state index in [1.165, 1.54) is 0 Å². The SMILES string of the molecule is CC(C)[C@H](NC(=O)c1ccc(Cl)cc1)c1ncc(C(=O)O)cc1F. The molecule has 0 radical (unpaired) electrons. The van der Waals surface area contributed by atoms with Gasteiger partial charge in [0, 0.05) is 16.8 Å². The van der Waals surface area contributed by atoms with Crippen molar-refractivity contribution in [2.45, 2.75) is 19.9 Å². The first kappa shape index (κ1) is 17.9. The molecule has 2 rings (SSSR count). The zero-order chi connectivity index (χ0) is 17.9. The first-order chi connectivity index (χ1) is 11.3. The number of hydrogen-bond acceptors (Lipinski definition) is 3. The van der Waals surface area contributed by atoms with E-state index in [1.807, 2.05) is 0 Å². The van der Waals surface area contributed by atoms with E-state index in [2.05, 4.69) is 10.3 Å². The van der Waals surface area contributed by atoms with Gasteiger partial charge in [-0.3, -0.25) is 9.78 Å². The number of hydrogen-bond donors (Lipinski definition) is 2. The predicted molar refractivity (Wildman–Crippen MR) is 87.7 cm³/mol. The lowest BCUT2D eigenvalue weighted by Gasteiger charge is -2.22. The first-order valence-electron chi connectivity index (χ1n) is 7.24. The molecule has 0 unspecified atom stereocenters. The number of benzene rings is 1. The number of carboxylic acids is 1. The summed E-state index contributed by atoms with van der Waals surface area (Å²) >= 11 is 5.79. The second kappa shape index (κ2) is 7.40. The maximum atomic E-state index is 14.2. The summed E-state index contributed by atoms with van der Waals surface area (Å²) < 4.78 is 14.2. The minimum absolute atomic E-state index is 0.00249. The molecule has 0 aliphatic rings. The number of halogens is 2. The van der Waals surface area contributed by atoms with Crippen molar-refractivity contribution < 1.29 is 19.1 Å². The van der Waals surface area contributed by atoms with E-state index in [0.29, 0.717) is 10.6 Å². The van der Waals surface area contributed by atoms with Gasteiger partial charge in [0.25, 0.3) is 5.91 Å². The van der Waals surface area contributed by atoms with E-state index in [9.17, 15) is 14.0 Å². The molecule has 1 amide bonds. The number of pyridine rings is 1. The molecule has 1 aromatic carbocycles. The van der Waals surface area contributed by atoms with Crippen LogP contribution in [0.15, 0.2) is 36.5 Å². The van der Waals surface area contributed by atoms with Gasteiger partial charge in [0.2, 0.25) is 0 Å². The Balaban J connectivity index is 2.28. The molecule has 126 valence electrons. The molecule has 1 heterocycles. The lowest BCUT2D eigenvalue weighted by atomic mass is 9.98. The molecule has 1 atom stereocenters. The number of aromatic nitrogens is 1. The fourth-order valence-corrected chi connectivity index (χ4v) is 2.30. The van der Waals surface area contributed by atoms with Crippen molar-refractivity contribution in [2.75, 3.05) is 0 Å². The largest absolute Gasteiger partial charge is 0.478 e. The second-order valence-corrected chi connectivity index (χ2v) is 6.03. The Kier molecular flexibility index (Phi) is 5.51. The van der Waals surface area contributed by atoms with Gasteiger partial charge in [0.15, 0.2) is 0 Å². The number of nitrogens with one attached hydrogen (secondary N) is 1. The summed E-state index contributed by atoms with van der Waals surface area (Å²) in [4.78, 5) is 27.1. The number of nitrogens with zero attached hydrogens (tertiary/aromatic N) is 1. The Morgan fingerprint density at radius 2 is 1.83 bits per heavy atom. The number of carboxylic acid groups (broad SMARTS) is 1. The third kappa shape index (κ3) is 4.08. The Labute approximate surface area is 143 Å². The smallest absolute Gasteiger partial charge is 0.337 e. The van der Waals surface area contributed by atoms with E-state index in [1.54, 1.807) is 38.1 Å². The standard InChI is InChI=1S/C17H16ClFN2O3/c1-9(2)14(15-13(19)7-11(8-20-15)17(23)24)21-16(22)10-3-5-12(18)6-4-10/h3-9,14H,1-2H3,(H,21,22)(H,23,24)/t14-/m0/s1. The van der Waals surface area contributed by atoms with Crippen LogP contribution in [0.3, 0.4) is 0 Å². The second-order valence-electron chi connectivity index (χ2n) is 5.60. The van der Waals surface area contributed by atoms with Gasteiger partial charge in [0.05, 0.1) is 17.3 Å². The van der Waals surface area contributed by atoms with E-state index in [4.69, 9.17) is 16.7 Å². The van der Waals surface area contributed by atoms with E-state index in [-0.39, 0.29) is 17.2 Å². The maximum absolute atomic E-state index is 14.2. The molecule has 0 spiro atoms. The molecule has 0 saturated carbocycles. The Hall–Kier alpha value is -2.47. The third-order valence-electron chi connectivity index (χ3n) is 3.47. The van der Waals surface area contributed by atoms with Crippen LogP contribution in [-0.4, -0.2) is 22.0 Å². The van der Waals surface area contributed by atoms with Crippen molar-refractivity contribution in [2.24, 2.45) is 5.92 Å². The first-order valence-corrected chi connectivity index (χ1v) is 7.62. The zero-order valence-electron chi connectivity index (χ0n) is 13.1. The van der Waals surface area contributed by atoms with Crippen molar-refractivity contribution >= 4 is 23.5 Å². The van der Waals surface area contributed by atoms with E-state index in [0.717, 1.165) is 12.3 Å². The molecule has 1 aromatic heterocycles. The maximum Gasteiger partial charge on any atom is 0.337 e. The van der Waals surface area contributed by atoms with Crippen LogP contribution in [0.2, 0.25) is 5.02 Å². The Bertz CT molecular complexity index is 763. The van der Waals surface area contributed by atoms with Crippen LogP contribution in [0.5, 0.6) is 0 Å². The van der Waals surface area contributed by atoms with Gasteiger partial charge in [-0.1, -0.05) is 25.4 Å². The average Bonchev–Trinajstić information content (AvgIpc) is 2.53. The molecule has 0 bridgehead atoms. The third-order valence-corrected chi connectivity index (χ3v) is 3.72. The molecule has 0 aliphatic carbocycles. The Morgan fingerprint density at radius 1 is 1.21 bits per heavy atom. The molecular formula is C17H16ClFN2O3. The summed E-state index contributed by atoms with van der Waals surface area (Å²) in [5, 5.41) is 12.1. The highest BCUT2D eigenvalue weighted by Crippen LogP contribution is 2.24. The van der Waals surface area contributed by atoms with Crippen LogP contribution in [-0.2, 0) is 0 Å². The summed E-state index contributed by atoms with van der Waals surface area (Å²) in [5.74, 6) is -2.59. The molecule has 0 aliphatic heterocycles. The minimum atomic E-state index is -1.26. The van der Waals surface area contributed by atoms with Gasteiger partial charge >= 0.3 is 5.97 Å². The number of rotatable bonds is 5. The summed E-state index contributed by atoms with van der Waals surface area (Å²) in [6.07, 6.45) is 1.07. The van der Waals surface area contributed by atoms with Crippen LogP contribution >= 0.6 is 11.6 Å². The van der Waals surface area contributed by atoms with E-state index < -0.39 is 23.7 Å². The zero-order valence-corrected chi connectivity index (χ0v) is 13.8. The van der Waals surface area contributed by atoms with Gasteiger partial charge in [-0.25, -0.2) is 9.18 Å². The molecule has 24 heavy (non-hydrogen) atoms. The van der Waals surface area contributed by atoms with Crippen molar-refractivity contribution in [3.05, 3.63) is 64.2 Å². The molecule has 0 saturated heterocycles. The highest BCUT2D eigenvalue weighted by Gasteiger charge is 2.24. The molecule has 5 nitrogen and oxygen atoms in total. The van der Waals surface area contributed by atoms with Gasteiger partial charge in [-0.15, -0.1) is 0 Å². The topological polar surface area (TPSA) is 79.3 Å².